The molecular formula is C20H24N4O2S. The third kappa shape index (κ3) is 3.88. The van der Waals surface area contributed by atoms with Gasteiger partial charge in [0.25, 0.3) is 0 Å². The van der Waals surface area contributed by atoms with Gasteiger partial charge in [-0.3, -0.25) is 9.78 Å². The average molecular weight is 385 g/mol. The molecule has 3 N–H and O–H groups in total. The van der Waals surface area contributed by atoms with E-state index in [1.807, 2.05) is 43.0 Å². The van der Waals surface area contributed by atoms with Crippen LogP contribution in [-0.4, -0.2) is 40.0 Å². The van der Waals surface area contributed by atoms with E-state index in [4.69, 9.17) is 0 Å². The SMILES string of the molecule is Cc1ccc(NC(=O)CCCC[C@@H]2SC[C@@H]3NC(=O)N[C@@H]32)c2cccnc12. The molecule has 2 fully saturated rings. The Morgan fingerprint density at radius 2 is 2.19 bits per heavy atom. The van der Waals surface area contributed by atoms with Crippen molar-refractivity contribution in [1.82, 2.24) is 15.6 Å². The second kappa shape index (κ2) is 7.76. The Hall–Kier alpha value is -2.28. The normalized spacial score (nSPS) is 23.7. The summed E-state index contributed by atoms with van der Waals surface area (Å²) in [7, 11) is 0. The number of hydrogen-bond donors (Lipinski definition) is 3. The quantitative estimate of drug-likeness (QED) is 0.528. The number of anilines is 1. The van der Waals surface area contributed by atoms with Crippen molar-refractivity contribution in [3.8, 4) is 0 Å². The molecule has 1 aromatic carbocycles. The highest BCUT2D eigenvalue weighted by atomic mass is 32.2. The second-order valence-electron chi connectivity index (χ2n) is 7.25. The van der Waals surface area contributed by atoms with E-state index in [1.54, 1.807) is 6.20 Å². The number of fused-ring (bicyclic) bond motifs is 2. The fourth-order valence-corrected chi connectivity index (χ4v) is 5.45. The number of aryl methyl sites for hydroxylation is 1. The largest absolute Gasteiger partial charge is 0.332 e. The summed E-state index contributed by atoms with van der Waals surface area (Å²) < 4.78 is 0. The minimum atomic E-state index is -0.0468. The van der Waals surface area contributed by atoms with Crippen molar-refractivity contribution in [2.75, 3.05) is 11.1 Å². The molecule has 3 heterocycles. The summed E-state index contributed by atoms with van der Waals surface area (Å²) in [5.41, 5.74) is 2.85. The molecule has 1 aromatic heterocycles. The lowest BCUT2D eigenvalue weighted by atomic mass is 10.0. The van der Waals surface area contributed by atoms with Gasteiger partial charge in [-0.15, -0.1) is 0 Å². The highest BCUT2D eigenvalue weighted by molar-refractivity contribution is 8.00. The maximum atomic E-state index is 12.4. The fraction of sp³-hybridized carbons (Fsp3) is 0.450. The summed E-state index contributed by atoms with van der Waals surface area (Å²) in [5, 5.41) is 10.4. The Morgan fingerprint density at radius 3 is 3.07 bits per heavy atom. The van der Waals surface area contributed by atoms with E-state index in [9.17, 15) is 9.59 Å². The van der Waals surface area contributed by atoms with Crippen LogP contribution >= 0.6 is 11.8 Å². The van der Waals surface area contributed by atoms with Gasteiger partial charge in [0.2, 0.25) is 5.91 Å². The molecule has 27 heavy (non-hydrogen) atoms. The van der Waals surface area contributed by atoms with Gasteiger partial charge in [-0.1, -0.05) is 12.5 Å². The third-order valence-electron chi connectivity index (χ3n) is 5.33. The van der Waals surface area contributed by atoms with Gasteiger partial charge in [0.05, 0.1) is 23.3 Å². The molecule has 2 aromatic rings. The van der Waals surface area contributed by atoms with E-state index in [0.717, 1.165) is 47.2 Å². The zero-order chi connectivity index (χ0) is 18.8. The van der Waals surface area contributed by atoms with E-state index < -0.39 is 0 Å². The smallest absolute Gasteiger partial charge is 0.315 e. The van der Waals surface area contributed by atoms with Gasteiger partial charge < -0.3 is 16.0 Å². The van der Waals surface area contributed by atoms with Crippen LogP contribution in [-0.2, 0) is 4.79 Å². The van der Waals surface area contributed by atoms with E-state index in [2.05, 4.69) is 20.9 Å². The summed E-state index contributed by atoms with van der Waals surface area (Å²) in [4.78, 5) is 28.2. The molecule has 3 amide bonds. The molecule has 0 spiro atoms. The van der Waals surface area contributed by atoms with Crippen LogP contribution in [0, 0.1) is 6.92 Å². The number of nitrogens with one attached hydrogen (secondary N) is 3. The highest BCUT2D eigenvalue weighted by Gasteiger charge is 2.42. The van der Waals surface area contributed by atoms with Crippen molar-refractivity contribution in [1.29, 1.82) is 0 Å². The summed E-state index contributed by atoms with van der Waals surface area (Å²) in [6.45, 7) is 2.02. The molecule has 0 bridgehead atoms. The number of amides is 3. The maximum absolute atomic E-state index is 12.4. The topological polar surface area (TPSA) is 83.1 Å². The van der Waals surface area contributed by atoms with Crippen LogP contribution < -0.4 is 16.0 Å². The van der Waals surface area contributed by atoms with E-state index in [-0.39, 0.29) is 24.0 Å². The molecule has 2 aliphatic heterocycles. The fourth-order valence-electron chi connectivity index (χ4n) is 3.91. The zero-order valence-electron chi connectivity index (χ0n) is 15.3. The number of aromatic nitrogens is 1. The lowest BCUT2D eigenvalue weighted by Gasteiger charge is -2.16. The summed E-state index contributed by atoms with van der Waals surface area (Å²) in [5.74, 6) is 1.01. The number of benzene rings is 1. The minimum absolute atomic E-state index is 0.0387. The minimum Gasteiger partial charge on any atom is -0.332 e. The van der Waals surface area contributed by atoms with Crippen LogP contribution in [0.4, 0.5) is 10.5 Å². The second-order valence-corrected chi connectivity index (χ2v) is 8.52. The van der Waals surface area contributed by atoms with E-state index in [0.29, 0.717) is 11.7 Å². The number of nitrogens with zero attached hydrogens (tertiary/aromatic N) is 1. The molecule has 0 radical (unpaired) electrons. The maximum Gasteiger partial charge on any atom is 0.315 e. The zero-order valence-corrected chi connectivity index (χ0v) is 16.1. The van der Waals surface area contributed by atoms with Gasteiger partial charge in [-0.25, -0.2) is 4.79 Å². The van der Waals surface area contributed by atoms with Gasteiger partial charge >= 0.3 is 6.03 Å². The van der Waals surface area contributed by atoms with Crippen LogP contribution in [0.2, 0.25) is 0 Å². The number of unbranched alkanes of at least 4 members (excludes halogenated alkanes) is 1. The molecule has 2 saturated heterocycles. The number of thioether (sulfide) groups is 1. The Labute approximate surface area is 162 Å². The third-order valence-corrected chi connectivity index (χ3v) is 6.83. The summed E-state index contributed by atoms with van der Waals surface area (Å²) >= 11 is 1.92. The Balaban J connectivity index is 1.26. The molecule has 2 aliphatic rings. The van der Waals surface area contributed by atoms with Crippen LogP contribution in [0.1, 0.15) is 31.2 Å². The predicted octanol–water partition coefficient (Wildman–Crippen LogP) is 3.21. The van der Waals surface area contributed by atoms with Crippen molar-refractivity contribution in [2.45, 2.75) is 49.9 Å². The molecule has 4 rings (SSSR count). The number of hydrogen-bond acceptors (Lipinski definition) is 4. The van der Waals surface area contributed by atoms with Gasteiger partial charge in [0, 0.05) is 29.0 Å². The number of carbonyl (C=O) groups is 2. The van der Waals surface area contributed by atoms with Crippen LogP contribution in [0.15, 0.2) is 30.5 Å². The summed E-state index contributed by atoms with van der Waals surface area (Å²) in [6.07, 6.45) is 5.14. The van der Waals surface area contributed by atoms with E-state index >= 15 is 0 Å². The first-order chi connectivity index (χ1) is 13.1. The van der Waals surface area contributed by atoms with Gasteiger partial charge in [-0.05, 0) is 43.5 Å². The van der Waals surface area contributed by atoms with Crippen LogP contribution in [0.3, 0.4) is 0 Å². The Bertz CT molecular complexity index is 872. The molecule has 6 nitrogen and oxygen atoms in total. The predicted molar refractivity (Wildman–Crippen MR) is 109 cm³/mol. The first kappa shape index (κ1) is 18.1. The molecular weight excluding hydrogens is 360 g/mol. The van der Waals surface area contributed by atoms with Crippen molar-refractivity contribution in [3.63, 3.8) is 0 Å². The number of pyridine rings is 1. The number of rotatable bonds is 6. The van der Waals surface area contributed by atoms with E-state index in [1.165, 1.54) is 0 Å². The molecule has 0 aliphatic carbocycles. The van der Waals surface area contributed by atoms with Crippen LogP contribution in [0.5, 0.6) is 0 Å². The first-order valence-corrected chi connectivity index (χ1v) is 10.5. The van der Waals surface area contributed by atoms with Crippen molar-refractivity contribution in [3.05, 3.63) is 36.0 Å². The van der Waals surface area contributed by atoms with Gasteiger partial charge in [0.15, 0.2) is 0 Å². The standard InChI is InChI=1S/C20H24N4O2S/c1-12-8-9-14(13-5-4-10-21-18(12)13)22-17(25)7-3-2-6-16-19-15(11-27-16)23-20(26)24-19/h4-5,8-10,15-16,19H,2-3,6-7,11H2,1H3,(H,22,25)(H2,23,24,26)/t15-,16-,19-/m0/s1. The van der Waals surface area contributed by atoms with Crippen molar-refractivity contribution in [2.24, 2.45) is 0 Å². The monoisotopic (exact) mass is 384 g/mol. The number of urea groups is 1. The highest BCUT2D eigenvalue weighted by Crippen LogP contribution is 2.33. The number of carbonyl (C=O) groups excluding carboxylic acids is 2. The van der Waals surface area contributed by atoms with Gasteiger partial charge in [-0.2, -0.15) is 11.8 Å². The first-order valence-electron chi connectivity index (χ1n) is 9.44. The van der Waals surface area contributed by atoms with Crippen molar-refractivity contribution < 1.29 is 9.59 Å². The summed E-state index contributed by atoms with van der Waals surface area (Å²) in [6, 6.07) is 8.27. The van der Waals surface area contributed by atoms with Gasteiger partial charge in [0.1, 0.15) is 0 Å². The Morgan fingerprint density at radius 1 is 1.30 bits per heavy atom. The molecule has 142 valence electrons. The Kier molecular flexibility index (Phi) is 5.20. The lowest BCUT2D eigenvalue weighted by Crippen LogP contribution is -2.36. The average Bonchev–Trinajstić information content (AvgIpc) is 3.21. The van der Waals surface area contributed by atoms with Crippen molar-refractivity contribution >= 4 is 40.3 Å². The molecule has 0 unspecified atom stereocenters. The molecule has 7 heteroatoms. The van der Waals surface area contributed by atoms with Crippen LogP contribution in [0.25, 0.3) is 10.9 Å². The lowest BCUT2D eigenvalue weighted by molar-refractivity contribution is -0.116. The molecule has 0 saturated carbocycles. The molecule has 3 atom stereocenters.